The number of hydrogen-bond donors (Lipinski definition) is 1. The molecule has 1 amide bonds. The molecule has 0 saturated carbocycles. The number of H-pyrrole nitrogens is 1. The summed E-state index contributed by atoms with van der Waals surface area (Å²) >= 11 is 12.0. The number of piperidine rings is 1. The first-order valence-corrected chi connectivity index (χ1v) is 10.2. The molecule has 2 heterocycles. The van der Waals surface area contributed by atoms with Crippen LogP contribution in [0.4, 0.5) is 0 Å². The lowest BCUT2D eigenvalue weighted by Gasteiger charge is -2.31. The third-order valence-electron chi connectivity index (χ3n) is 5.09. The van der Waals surface area contributed by atoms with E-state index in [-0.39, 0.29) is 17.5 Å². The van der Waals surface area contributed by atoms with Crippen molar-refractivity contribution in [2.75, 3.05) is 13.1 Å². The number of aromatic nitrogens is 3. The normalized spacial score (nSPS) is 16.8. The Hall–Kier alpha value is -2.57. The number of carbonyl (C=O) groups is 1. The molecule has 2 aromatic carbocycles. The highest BCUT2D eigenvalue weighted by molar-refractivity contribution is 6.31. The van der Waals surface area contributed by atoms with E-state index in [0.29, 0.717) is 41.1 Å². The Labute approximate surface area is 178 Å². The molecule has 1 aliphatic rings. The second-order valence-corrected chi connectivity index (χ2v) is 8.07. The molecule has 29 heavy (non-hydrogen) atoms. The van der Waals surface area contributed by atoms with Crippen molar-refractivity contribution in [1.29, 1.82) is 0 Å². The fourth-order valence-electron chi connectivity index (χ4n) is 3.67. The molecule has 1 saturated heterocycles. The van der Waals surface area contributed by atoms with E-state index in [4.69, 9.17) is 23.2 Å². The number of aromatic amines is 1. The van der Waals surface area contributed by atoms with Gasteiger partial charge in [0.15, 0.2) is 0 Å². The molecule has 8 heteroatoms. The zero-order valence-corrected chi connectivity index (χ0v) is 17.2. The molecular formula is C21H20Cl2N4O2. The second kappa shape index (κ2) is 8.43. The lowest BCUT2D eigenvalue weighted by atomic mass is 9.97. The van der Waals surface area contributed by atoms with E-state index >= 15 is 0 Å². The smallest absolute Gasteiger partial charge is 0.342 e. The zero-order chi connectivity index (χ0) is 20.4. The van der Waals surface area contributed by atoms with Crippen molar-refractivity contribution in [2.45, 2.75) is 25.2 Å². The van der Waals surface area contributed by atoms with Crippen LogP contribution in [0.3, 0.4) is 0 Å². The first-order chi connectivity index (χ1) is 14.0. The third-order valence-corrected chi connectivity index (χ3v) is 5.56. The van der Waals surface area contributed by atoms with Crippen molar-refractivity contribution in [1.82, 2.24) is 19.7 Å². The van der Waals surface area contributed by atoms with E-state index in [1.54, 1.807) is 30.3 Å². The summed E-state index contributed by atoms with van der Waals surface area (Å²) in [5, 5.41) is 5.63. The van der Waals surface area contributed by atoms with E-state index in [9.17, 15) is 9.59 Å². The van der Waals surface area contributed by atoms with Crippen molar-refractivity contribution in [2.24, 2.45) is 0 Å². The molecule has 0 bridgehead atoms. The summed E-state index contributed by atoms with van der Waals surface area (Å²) < 4.78 is 1.31. The number of benzene rings is 2. The molecule has 0 radical (unpaired) electrons. The first kappa shape index (κ1) is 19.7. The van der Waals surface area contributed by atoms with Gasteiger partial charge in [-0.3, -0.25) is 9.78 Å². The molecular weight excluding hydrogens is 411 g/mol. The average molecular weight is 431 g/mol. The van der Waals surface area contributed by atoms with Crippen LogP contribution >= 0.6 is 23.2 Å². The Morgan fingerprint density at radius 2 is 1.90 bits per heavy atom. The number of amides is 1. The fourth-order valence-corrected chi connectivity index (χ4v) is 4.06. The number of rotatable bonds is 4. The average Bonchev–Trinajstić information content (AvgIpc) is 3.10. The van der Waals surface area contributed by atoms with E-state index in [1.807, 2.05) is 23.1 Å². The van der Waals surface area contributed by atoms with Gasteiger partial charge in [-0.2, -0.15) is 4.68 Å². The number of nitrogens with zero attached hydrogens (tertiary/aromatic N) is 3. The van der Waals surface area contributed by atoms with Gasteiger partial charge in [0.25, 0.3) is 0 Å². The zero-order valence-electron chi connectivity index (χ0n) is 15.6. The molecule has 1 N–H and O–H groups in total. The van der Waals surface area contributed by atoms with Gasteiger partial charge in [0, 0.05) is 29.1 Å². The third kappa shape index (κ3) is 4.54. The van der Waals surface area contributed by atoms with Crippen LogP contribution in [0.1, 0.15) is 30.1 Å². The summed E-state index contributed by atoms with van der Waals surface area (Å²) in [5.41, 5.74) is 1.18. The van der Waals surface area contributed by atoms with Gasteiger partial charge in [0.2, 0.25) is 5.91 Å². The summed E-state index contributed by atoms with van der Waals surface area (Å²) in [6.07, 6.45) is 2.03. The minimum absolute atomic E-state index is 0.0137. The Balaban J connectivity index is 1.49. The SMILES string of the molecule is O=C(Cc1cccc(Cl)c1)N1CCCC(c2nn(-c3cccc(Cl)c3)c(=O)[nH]2)C1. The summed E-state index contributed by atoms with van der Waals surface area (Å²) in [7, 11) is 0. The van der Waals surface area contributed by atoms with Crippen LogP contribution in [0.15, 0.2) is 53.3 Å². The van der Waals surface area contributed by atoms with E-state index in [1.165, 1.54) is 4.68 Å². The maximum Gasteiger partial charge on any atom is 0.348 e. The van der Waals surface area contributed by atoms with Crippen LogP contribution in [-0.4, -0.2) is 38.7 Å². The number of likely N-dealkylation sites (tertiary alicyclic amines) is 1. The minimum atomic E-state index is -0.315. The number of halogens is 2. The summed E-state index contributed by atoms with van der Waals surface area (Å²) in [6, 6.07) is 14.3. The molecule has 150 valence electrons. The van der Waals surface area contributed by atoms with Crippen LogP contribution in [0.5, 0.6) is 0 Å². The largest absolute Gasteiger partial charge is 0.348 e. The van der Waals surface area contributed by atoms with Crippen molar-refractivity contribution < 1.29 is 4.79 Å². The Morgan fingerprint density at radius 1 is 1.14 bits per heavy atom. The van der Waals surface area contributed by atoms with E-state index in [2.05, 4.69) is 10.1 Å². The second-order valence-electron chi connectivity index (χ2n) is 7.19. The number of nitrogens with one attached hydrogen (secondary N) is 1. The van der Waals surface area contributed by atoms with Crippen molar-refractivity contribution in [3.63, 3.8) is 0 Å². The van der Waals surface area contributed by atoms with Crippen LogP contribution in [0, 0.1) is 0 Å². The van der Waals surface area contributed by atoms with Gasteiger partial charge in [-0.05, 0) is 48.7 Å². The maximum absolute atomic E-state index is 12.8. The summed E-state index contributed by atoms with van der Waals surface area (Å²) in [6.45, 7) is 1.23. The maximum atomic E-state index is 12.8. The van der Waals surface area contributed by atoms with Gasteiger partial charge in [-0.15, -0.1) is 5.10 Å². The van der Waals surface area contributed by atoms with Crippen LogP contribution < -0.4 is 5.69 Å². The Bertz CT molecular complexity index is 1090. The van der Waals surface area contributed by atoms with Gasteiger partial charge < -0.3 is 4.90 Å². The first-order valence-electron chi connectivity index (χ1n) is 9.47. The molecule has 6 nitrogen and oxygen atoms in total. The highest BCUT2D eigenvalue weighted by Crippen LogP contribution is 2.25. The molecule has 0 aliphatic carbocycles. The number of carbonyl (C=O) groups excluding carboxylic acids is 1. The monoisotopic (exact) mass is 430 g/mol. The summed E-state index contributed by atoms with van der Waals surface area (Å²) in [5.74, 6) is 0.629. The topological polar surface area (TPSA) is 71.0 Å². The lowest BCUT2D eigenvalue weighted by Crippen LogP contribution is -2.40. The summed E-state index contributed by atoms with van der Waals surface area (Å²) in [4.78, 5) is 29.8. The number of hydrogen-bond acceptors (Lipinski definition) is 3. The Kier molecular flexibility index (Phi) is 5.74. The van der Waals surface area contributed by atoms with E-state index < -0.39 is 0 Å². The highest BCUT2D eigenvalue weighted by Gasteiger charge is 2.27. The molecule has 1 atom stereocenters. The molecule has 1 aliphatic heterocycles. The molecule has 4 rings (SSSR count). The van der Waals surface area contributed by atoms with Crippen molar-refractivity contribution in [3.8, 4) is 5.69 Å². The molecule has 0 spiro atoms. The highest BCUT2D eigenvalue weighted by atomic mass is 35.5. The molecule has 1 aromatic heterocycles. The van der Waals surface area contributed by atoms with Crippen LogP contribution in [-0.2, 0) is 11.2 Å². The molecule has 1 fully saturated rings. The minimum Gasteiger partial charge on any atom is -0.342 e. The predicted octanol–water partition coefficient (Wildman–Crippen LogP) is 3.82. The fraction of sp³-hybridized carbons (Fsp3) is 0.286. The van der Waals surface area contributed by atoms with Gasteiger partial charge in [0.1, 0.15) is 5.82 Å². The van der Waals surface area contributed by atoms with Gasteiger partial charge >= 0.3 is 5.69 Å². The van der Waals surface area contributed by atoms with Gasteiger partial charge in [-0.1, -0.05) is 41.4 Å². The van der Waals surface area contributed by atoms with Crippen LogP contribution in [0.2, 0.25) is 10.0 Å². The van der Waals surface area contributed by atoms with Crippen molar-refractivity contribution >= 4 is 29.1 Å². The standard InChI is InChI=1S/C21H20Cl2N4O2/c22-16-6-1-4-14(10-16)11-19(28)26-9-3-5-15(13-26)20-24-21(29)27(25-20)18-8-2-7-17(23)12-18/h1-2,4,6-8,10,12,15H,3,5,9,11,13H2,(H,24,25,29). The van der Waals surface area contributed by atoms with Crippen molar-refractivity contribution in [3.05, 3.63) is 80.4 Å². The molecule has 3 aromatic rings. The molecule has 1 unspecified atom stereocenters. The lowest BCUT2D eigenvalue weighted by molar-refractivity contribution is -0.131. The van der Waals surface area contributed by atoms with Crippen LogP contribution in [0.25, 0.3) is 5.69 Å². The quantitative estimate of drug-likeness (QED) is 0.683. The van der Waals surface area contributed by atoms with Gasteiger partial charge in [-0.25, -0.2) is 4.79 Å². The predicted molar refractivity (Wildman–Crippen MR) is 113 cm³/mol. The Morgan fingerprint density at radius 3 is 2.66 bits per heavy atom. The van der Waals surface area contributed by atoms with Gasteiger partial charge in [0.05, 0.1) is 12.1 Å². The van der Waals surface area contributed by atoms with E-state index in [0.717, 1.165) is 18.4 Å².